The molecule has 1 unspecified atom stereocenters. The number of para-hydroxylation sites is 2. The van der Waals surface area contributed by atoms with Crippen LogP contribution in [0.4, 0.5) is 5.69 Å². The molecule has 2 N–H and O–H groups in total. The highest BCUT2D eigenvalue weighted by molar-refractivity contribution is 6.42. The molecule has 0 spiro atoms. The zero-order valence-electron chi connectivity index (χ0n) is 10.9. The van der Waals surface area contributed by atoms with Gasteiger partial charge in [-0.2, -0.15) is 0 Å². The molecule has 2 aromatic rings. The van der Waals surface area contributed by atoms with Crippen molar-refractivity contribution in [3.63, 3.8) is 0 Å². The molecule has 2 aromatic carbocycles. The van der Waals surface area contributed by atoms with Crippen molar-refractivity contribution in [1.82, 2.24) is 0 Å². The average Bonchev–Trinajstić information content (AvgIpc) is 2.48. The van der Waals surface area contributed by atoms with Crippen molar-refractivity contribution in [3.8, 4) is 5.75 Å². The molecule has 0 aliphatic rings. The van der Waals surface area contributed by atoms with Crippen molar-refractivity contribution in [2.24, 2.45) is 0 Å². The monoisotopic (exact) mass is 311 g/mol. The zero-order chi connectivity index (χ0) is 14.5. The van der Waals surface area contributed by atoms with Crippen LogP contribution in [0.3, 0.4) is 0 Å². The maximum atomic E-state index is 9.61. The minimum absolute atomic E-state index is 0.113. The standard InChI is InChI=1S/C15H15Cl2NO2/c1-20-14-8-3-2-7-12(14)18-13(9-19)10-5-4-6-11(16)15(10)17/h2-8,13,18-19H,9H2,1H3. The van der Waals surface area contributed by atoms with Crippen LogP contribution in [-0.2, 0) is 0 Å². The second-order valence-electron chi connectivity index (χ2n) is 4.22. The van der Waals surface area contributed by atoms with Crippen LogP contribution in [0, 0.1) is 0 Å². The summed E-state index contributed by atoms with van der Waals surface area (Å²) in [5.41, 5.74) is 1.53. The molecule has 0 radical (unpaired) electrons. The Morgan fingerprint density at radius 3 is 2.60 bits per heavy atom. The summed E-state index contributed by atoms with van der Waals surface area (Å²) >= 11 is 12.2. The summed E-state index contributed by atoms with van der Waals surface area (Å²) in [6.45, 7) is -0.113. The van der Waals surface area contributed by atoms with Gasteiger partial charge in [0.05, 0.1) is 35.5 Å². The lowest BCUT2D eigenvalue weighted by atomic mass is 10.1. The number of benzene rings is 2. The molecule has 0 aromatic heterocycles. The van der Waals surface area contributed by atoms with Gasteiger partial charge in [0.2, 0.25) is 0 Å². The lowest BCUT2D eigenvalue weighted by Crippen LogP contribution is -2.16. The van der Waals surface area contributed by atoms with E-state index in [-0.39, 0.29) is 12.6 Å². The first-order valence-electron chi connectivity index (χ1n) is 6.11. The fourth-order valence-electron chi connectivity index (χ4n) is 1.96. The number of aliphatic hydroxyl groups is 1. The number of hydrogen-bond donors (Lipinski definition) is 2. The molecule has 0 aliphatic heterocycles. The molecule has 3 nitrogen and oxygen atoms in total. The number of anilines is 1. The maximum absolute atomic E-state index is 9.61. The smallest absolute Gasteiger partial charge is 0.141 e. The molecule has 5 heteroatoms. The summed E-state index contributed by atoms with van der Waals surface area (Å²) in [4.78, 5) is 0. The molecular weight excluding hydrogens is 297 g/mol. The van der Waals surface area contributed by atoms with E-state index in [1.807, 2.05) is 30.3 Å². The summed E-state index contributed by atoms with van der Waals surface area (Å²) in [7, 11) is 1.60. The van der Waals surface area contributed by atoms with Crippen molar-refractivity contribution in [1.29, 1.82) is 0 Å². The maximum Gasteiger partial charge on any atom is 0.141 e. The highest BCUT2D eigenvalue weighted by Gasteiger charge is 2.16. The number of hydrogen-bond acceptors (Lipinski definition) is 3. The number of rotatable bonds is 5. The fourth-order valence-corrected chi connectivity index (χ4v) is 2.40. The lowest BCUT2D eigenvalue weighted by molar-refractivity contribution is 0.276. The Hall–Kier alpha value is -1.42. The molecule has 20 heavy (non-hydrogen) atoms. The van der Waals surface area contributed by atoms with E-state index < -0.39 is 0 Å². The number of nitrogens with one attached hydrogen (secondary N) is 1. The first-order valence-corrected chi connectivity index (χ1v) is 6.87. The predicted molar refractivity (Wildman–Crippen MR) is 82.9 cm³/mol. The molecule has 0 bridgehead atoms. The van der Waals surface area contributed by atoms with Gasteiger partial charge in [-0.3, -0.25) is 0 Å². The Kier molecular flexibility index (Phi) is 5.12. The molecule has 0 heterocycles. The van der Waals surface area contributed by atoms with E-state index in [4.69, 9.17) is 27.9 Å². The summed E-state index contributed by atoms with van der Waals surface area (Å²) in [5, 5.41) is 13.7. The summed E-state index contributed by atoms with van der Waals surface area (Å²) < 4.78 is 5.28. The van der Waals surface area contributed by atoms with Gasteiger partial charge in [-0.25, -0.2) is 0 Å². The summed E-state index contributed by atoms with van der Waals surface area (Å²) in [5.74, 6) is 0.698. The van der Waals surface area contributed by atoms with E-state index in [0.29, 0.717) is 15.8 Å². The predicted octanol–water partition coefficient (Wildman–Crippen LogP) is 4.15. The van der Waals surface area contributed by atoms with E-state index in [0.717, 1.165) is 11.3 Å². The van der Waals surface area contributed by atoms with Crippen LogP contribution in [0.5, 0.6) is 5.75 Å². The molecule has 0 saturated carbocycles. The third-order valence-corrected chi connectivity index (χ3v) is 3.81. The molecule has 1 atom stereocenters. The molecule has 0 amide bonds. The first-order chi connectivity index (χ1) is 9.67. The molecule has 0 fully saturated rings. The third kappa shape index (κ3) is 3.18. The second-order valence-corrected chi connectivity index (χ2v) is 5.01. The minimum Gasteiger partial charge on any atom is -0.495 e. The van der Waals surface area contributed by atoms with Gasteiger partial charge >= 0.3 is 0 Å². The zero-order valence-corrected chi connectivity index (χ0v) is 12.4. The number of methoxy groups -OCH3 is 1. The summed E-state index contributed by atoms with van der Waals surface area (Å²) in [6.07, 6.45) is 0. The van der Waals surface area contributed by atoms with Crippen molar-refractivity contribution in [2.45, 2.75) is 6.04 Å². The van der Waals surface area contributed by atoms with Crippen molar-refractivity contribution < 1.29 is 9.84 Å². The van der Waals surface area contributed by atoms with E-state index >= 15 is 0 Å². The van der Waals surface area contributed by atoms with E-state index in [1.165, 1.54) is 0 Å². The summed E-state index contributed by atoms with van der Waals surface area (Å²) in [6, 6.07) is 12.5. The first kappa shape index (κ1) is 15.0. The van der Waals surface area contributed by atoms with Gasteiger partial charge in [-0.1, -0.05) is 47.5 Å². The van der Waals surface area contributed by atoms with Crippen molar-refractivity contribution in [3.05, 3.63) is 58.1 Å². The number of aliphatic hydroxyl groups excluding tert-OH is 1. The Bertz CT molecular complexity index is 590. The molecule has 0 saturated heterocycles. The van der Waals surface area contributed by atoms with Gasteiger partial charge in [0, 0.05) is 0 Å². The van der Waals surface area contributed by atoms with Crippen LogP contribution in [0.25, 0.3) is 0 Å². The van der Waals surface area contributed by atoms with E-state index in [2.05, 4.69) is 5.32 Å². The van der Waals surface area contributed by atoms with Crippen LogP contribution in [-0.4, -0.2) is 18.8 Å². The Morgan fingerprint density at radius 1 is 1.15 bits per heavy atom. The third-order valence-electron chi connectivity index (χ3n) is 2.98. The highest BCUT2D eigenvalue weighted by atomic mass is 35.5. The van der Waals surface area contributed by atoms with Gasteiger partial charge < -0.3 is 15.2 Å². The van der Waals surface area contributed by atoms with Crippen LogP contribution < -0.4 is 10.1 Å². The Balaban J connectivity index is 2.31. The van der Waals surface area contributed by atoms with Crippen LogP contribution in [0.15, 0.2) is 42.5 Å². The molecular formula is C15H15Cl2NO2. The van der Waals surface area contributed by atoms with Crippen molar-refractivity contribution in [2.75, 3.05) is 19.0 Å². The molecule has 0 aliphatic carbocycles. The molecule has 2 rings (SSSR count). The SMILES string of the molecule is COc1ccccc1NC(CO)c1cccc(Cl)c1Cl. The quantitative estimate of drug-likeness (QED) is 0.871. The Labute approximate surface area is 128 Å². The lowest BCUT2D eigenvalue weighted by Gasteiger charge is -2.21. The average molecular weight is 312 g/mol. The largest absolute Gasteiger partial charge is 0.495 e. The normalized spacial score (nSPS) is 12.0. The van der Waals surface area contributed by atoms with Gasteiger partial charge in [-0.15, -0.1) is 0 Å². The second kappa shape index (κ2) is 6.84. The van der Waals surface area contributed by atoms with Crippen molar-refractivity contribution >= 4 is 28.9 Å². The molecule has 106 valence electrons. The van der Waals surface area contributed by atoms with Gasteiger partial charge in [0.1, 0.15) is 5.75 Å². The van der Waals surface area contributed by atoms with Crippen LogP contribution >= 0.6 is 23.2 Å². The van der Waals surface area contributed by atoms with Gasteiger partial charge in [0.15, 0.2) is 0 Å². The number of halogens is 2. The van der Waals surface area contributed by atoms with Gasteiger partial charge in [-0.05, 0) is 23.8 Å². The Morgan fingerprint density at radius 2 is 1.90 bits per heavy atom. The van der Waals surface area contributed by atoms with Crippen LogP contribution in [0.2, 0.25) is 10.0 Å². The minimum atomic E-state index is -0.363. The fraction of sp³-hybridized carbons (Fsp3) is 0.200. The highest BCUT2D eigenvalue weighted by Crippen LogP contribution is 2.33. The van der Waals surface area contributed by atoms with Gasteiger partial charge in [0.25, 0.3) is 0 Å². The van der Waals surface area contributed by atoms with E-state index in [9.17, 15) is 5.11 Å². The van der Waals surface area contributed by atoms with E-state index in [1.54, 1.807) is 19.2 Å². The number of ether oxygens (including phenoxy) is 1. The van der Waals surface area contributed by atoms with Crippen LogP contribution in [0.1, 0.15) is 11.6 Å². The topological polar surface area (TPSA) is 41.5 Å².